The molecule has 1 heterocycles. The minimum atomic E-state index is -0.650. The summed E-state index contributed by atoms with van der Waals surface area (Å²) in [7, 11) is 3.26. The maximum absolute atomic E-state index is 12.1. The summed E-state index contributed by atoms with van der Waals surface area (Å²) >= 11 is 0. The molecule has 1 aliphatic rings. The van der Waals surface area contributed by atoms with Crippen LogP contribution in [0.2, 0.25) is 0 Å². The predicted molar refractivity (Wildman–Crippen MR) is 82.7 cm³/mol. The van der Waals surface area contributed by atoms with E-state index in [0.29, 0.717) is 5.75 Å². The Morgan fingerprint density at radius 2 is 2.24 bits per heavy atom. The number of hydrogen-bond acceptors (Lipinski definition) is 4. The molecule has 2 N–H and O–H groups in total. The number of aliphatic hydroxyl groups is 1. The second-order valence-electron chi connectivity index (χ2n) is 5.39. The fourth-order valence-corrected chi connectivity index (χ4v) is 3.04. The maximum atomic E-state index is 12.1. The Labute approximate surface area is 125 Å². The van der Waals surface area contributed by atoms with E-state index in [2.05, 4.69) is 10.2 Å². The fourth-order valence-electron chi connectivity index (χ4n) is 3.04. The first-order valence-electron chi connectivity index (χ1n) is 7.43. The standard InChI is InChI=1S/C16H24N2O3/c1-11(19)15-12(8-6-9-14(15)21-3)18-10-5-4-7-13(18)16(20)17-2/h6,8-9,11,13,19H,4-5,7,10H2,1-3H3,(H,17,20)/t11-,13?/m0/s1. The Morgan fingerprint density at radius 3 is 2.86 bits per heavy atom. The molecule has 2 atom stereocenters. The molecule has 5 nitrogen and oxygen atoms in total. The van der Waals surface area contributed by atoms with Gasteiger partial charge in [-0.25, -0.2) is 0 Å². The molecule has 1 aromatic rings. The summed E-state index contributed by atoms with van der Waals surface area (Å²) < 4.78 is 5.37. The van der Waals surface area contributed by atoms with Crippen LogP contribution in [0.3, 0.4) is 0 Å². The third-order valence-electron chi connectivity index (χ3n) is 4.04. The number of benzene rings is 1. The van der Waals surface area contributed by atoms with E-state index in [1.807, 2.05) is 18.2 Å². The molecule has 1 aromatic carbocycles. The number of nitrogens with one attached hydrogen (secondary N) is 1. The summed E-state index contributed by atoms with van der Waals surface area (Å²) in [5.41, 5.74) is 1.63. The van der Waals surface area contributed by atoms with E-state index in [4.69, 9.17) is 4.74 Å². The molecule has 21 heavy (non-hydrogen) atoms. The quantitative estimate of drug-likeness (QED) is 0.889. The van der Waals surface area contributed by atoms with Gasteiger partial charge in [0.25, 0.3) is 0 Å². The second kappa shape index (κ2) is 6.80. The molecule has 116 valence electrons. The second-order valence-corrected chi connectivity index (χ2v) is 5.39. The largest absolute Gasteiger partial charge is 0.496 e. The van der Waals surface area contributed by atoms with E-state index in [9.17, 15) is 9.90 Å². The zero-order valence-electron chi connectivity index (χ0n) is 12.9. The van der Waals surface area contributed by atoms with Crippen molar-refractivity contribution in [3.8, 4) is 5.75 Å². The zero-order valence-corrected chi connectivity index (χ0v) is 12.9. The summed E-state index contributed by atoms with van der Waals surface area (Å²) in [5, 5.41) is 12.9. The summed E-state index contributed by atoms with van der Waals surface area (Å²) in [5.74, 6) is 0.679. The first-order valence-corrected chi connectivity index (χ1v) is 7.43. The molecule has 1 fully saturated rings. The lowest BCUT2D eigenvalue weighted by Crippen LogP contribution is -2.49. The molecular formula is C16H24N2O3. The molecule has 0 radical (unpaired) electrons. The van der Waals surface area contributed by atoms with Crippen LogP contribution in [0.1, 0.15) is 37.9 Å². The highest BCUT2D eigenvalue weighted by Crippen LogP contribution is 2.37. The first-order chi connectivity index (χ1) is 10.1. The Hall–Kier alpha value is -1.75. The van der Waals surface area contributed by atoms with Crippen LogP contribution in [0.15, 0.2) is 18.2 Å². The highest BCUT2D eigenvalue weighted by molar-refractivity contribution is 5.85. The van der Waals surface area contributed by atoms with Crippen LogP contribution in [0, 0.1) is 0 Å². The van der Waals surface area contributed by atoms with Crippen LogP contribution in [0.5, 0.6) is 5.75 Å². The van der Waals surface area contributed by atoms with Gasteiger partial charge in [-0.1, -0.05) is 6.07 Å². The number of aliphatic hydroxyl groups excluding tert-OH is 1. The number of likely N-dealkylation sites (N-methyl/N-ethyl adjacent to an activating group) is 1. The van der Waals surface area contributed by atoms with Crippen molar-refractivity contribution in [2.75, 3.05) is 25.6 Å². The molecule has 5 heteroatoms. The molecule has 1 aliphatic heterocycles. The molecule has 0 aromatic heterocycles. The van der Waals surface area contributed by atoms with Gasteiger partial charge < -0.3 is 20.1 Å². The van der Waals surface area contributed by atoms with Crippen molar-refractivity contribution in [2.24, 2.45) is 0 Å². The van der Waals surface area contributed by atoms with Crippen molar-refractivity contribution in [1.29, 1.82) is 0 Å². The number of anilines is 1. The number of nitrogens with zero attached hydrogens (tertiary/aromatic N) is 1. The van der Waals surface area contributed by atoms with E-state index < -0.39 is 6.10 Å². The van der Waals surface area contributed by atoms with E-state index >= 15 is 0 Å². The molecule has 2 rings (SSSR count). The van der Waals surface area contributed by atoms with Gasteiger partial charge in [0.2, 0.25) is 5.91 Å². The first kappa shape index (κ1) is 15.6. The Balaban J connectivity index is 2.45. The normalized spacial score (nSPS) is 20.0. The minimum Gasteiger partial charge on any atom is -0.496 e. The number of ether oxygens (including phenoxy) is 1. The third-order valence-corrected chi connectivity index (χ3v) is 4.04. The van der Waals surface area contributed by atoms with Crippen molar-refractivity contribution in [3.05, 3.63) is 23.8 Å². The number of carbonyl (C=O) groups excluding carboxylic acids is 1. The number of rotatable bonds is 4. The Bertz CT molecular complexity index is 502. The summed E-state index contributed by atoms with van der Waals surface area (Å²) in [6, 6.07) is 5.50. The van der Waals surface area contributed by atoms with Crippen molar-refractivity contribution in [1.82, 2.24) is 5.32 Å². The Morgan fingerprint density at radius 1 is 1.48 bits per heavy atom. The maximum Gasteiger partial charge on any atom is 0.242 e. The number of methoxy groups -OCH3 is 1. The molecule has 0 saturated carbocycles. The van der Waals surface area contributed by atoms with Gasteiger partial charge in [-0.15, -0.1) is 0 Å². The minimum absolute atomic E-state index is 0.0223. The number of piperidine rings is 1. The molecular weight excluding hydrogens is 268 g/mol. The third kappa shape index (κ3) is 3.13. The van der Waals surface area contributed by atoms with Crippen molar-refractivity contribution >= 4 is 11.6 Å². The summed E-state index contributed by atoms with van der Waals surface area (Å²) in [6.07, 6.45) is 2.27. The zero-order chi connectivity index (χ0) is 15.4. The average Bonchev–Trinajstić information content (AvgIpc) is 2.53. The van der Waals surface area contributed by atoms with Gasteiger partial charge in [0.15, 0.2) is 0 Å². The van der Waals surface area contributed by atoms with Gasteiger partial charge in [0.05, 0.1) is 13.2 Å². The van der Waals surface area contributed by atoms with E-state index in [1.165, 1.54) is 0 Å². The monoisotopic (exact) mass is 292 g/mol. The van der Waals surface area contributed by atoms with Crippen LogP contribution in [-0.4, -0.2) is 37.8 Å². The van der Waals surface area contributed by atoms with Gasteiger partial charge in [0, 0.05) is 24.8 Å². The predicted octanol–water partition coefficient (Wildman–Crippen LogP) is 1.85. The van der Waals surface area contributed by atoms with Crippen LogP contribution < -0.4 is 15.0 Å². The molecule has 1 amide bonds. The highest BCUT2D eigenvalue weighted by atomic mass is 16.5. The van der Waals surface area contributed by atoms with Crippen LogP contribution >= 0.6 is 0 Å². The van der Waals surface area contributed by atoms with Crippen molar-refractivity contribution in [3.63, 3.8) is 0 Å². The lowest BCUT2D eigenvalue weighted by Gasteiger charge is -2.38. The molecule has 1 unspecified atom stereocenters. The molecule has 1 saturated heterocycles. The smallest absolute Gasteiger partial charge is 0.242 e. The molecule has 0 spiro atoms. The van der Waals surface area contributed by atoms with Gasteiger partial charge in [-0.2, -0.15) is 0 Å². The lowest BCUT2D eigenvalue weighted by atomic mass is 9.97. The SMILES string of the molecule is CNC(=O)C1CCCCN1c1cccc(OC)c1[C@H](C)O. The van der Waals surface area contributed by atoms with E-state index in [-0.39, 0.29) is 11.9 Å². The van der Waals surface area contributed by atoms with Gasteiger partial charge in [-0.3, -0.25) is 4.79 Å². The van der Waals surface area contributed by atoms with Crippen molar-refractivity contribution in [2.45, 2.75) is 38.3 Å². The van der Waals surface area contributed by atoms with Crippen molar-refractivity contribution < 1.29 is 14.6 Å². The number of hydrogen-bond donors (Lipinski definition) is 2. The van der Waals surface area contributed by atoms with Gasteiger partial charge >= 0.3 is 0 Å². The van der Waals surface area contributed by atoms with E-state index in [1.54, 1.807) is 21.1 Å². The van der Waals surface area contributed by atoms with E-state index in [0.717, 1.165) is 37.1 Å². The van der Waals surface area contributed by atoms with Gasteiger partial charge in [-0.05, 0) is 38.3 Å². The number of amides is 1. The van der Waals surface area contributed by atoms with Crippen LogP contribution in [-0.2, 0) is 4.79 Å². The van der Waals surface area contributed by atoms with Crippen LogP contribution in [0.25, 0.3) is 0 Å². The Kier molecular flexibility index (Phi) is 5.07. The topological polar surface area (TPSA) is 61.8 Å². The fraction of sp³-hybridized carbons (Fsp3) is 0.562. The number of carbonyl (C=O) groups is 1. The molecule has 0 bridgehead atoms. The highest BCUT2D eigenvalue weighted by Gasteiger charge is 2.31. The van der Waals surface area contributed by atoms with Crippen LogP contribution in [0.4, 0.5) is 5.69 Å². The average molecular weight is 292 g/mol. The summed E-state index contributed by atoms with van der Waals surface area (Å²) in [4.78, 5) is 14.2. The summed E-state index contributed by atoms with van der Waals surface area (Å²) in [6.45, 7) is 2.53. The molecule has 0 aliphatic carbocycles. The lowest BCUT2D eigenvalue weighted by molar-refractivity contribution is -0.122. The van der Waals surface area contributed by atoms with Gasteiger partial charge in [0.1, 0.15) is 11.8 Å².